The van der Waals surface area contributed by atoms with Crippen molar-refractivity contribution in [3.8, 4) is 0 Å². The number of anilines is 1. The summed E-state index contributed by atoms with van der Waals surface area (Å²) in [5.74, 6) is 0.295. The first kappa shape index (κ1) is 21.9. The van der Waals surface area contributed by atoms with Gasteiger partial charge in [0.25, 0.3) is 0 Å². The Morgan fingerprint density at radius 1 is 1.11 bits per heavy atom. The maximum Gasteiger partial charge on any atom is 0.242 e. The number of benzene rings is 2. The number of amides is 1. The van der Waals surface area contributed by atoms with Crippen molar-refractivity contribution in [1.29, 1.82) is 0 Å². The van der Waals surface area contributed by atoms with Crippen molar-refractivity contribution in [2.45, 2.75) is 31.2 Å². The molecular weight excluding hydrogens is 448 g/mol. The van der Waals surface area contributed by atoms with E-state index < -0.39 is 16.1 Å². The molecule has 146 valence electrons. The summed E-state index contributed by atoms with van der Waals surface area (Å²) in [5.41, 5.74) is 2.72. The Bertz CT molecular complexity index is 879. The Labute approximate surface area is 173 Å². The second kappa shape index (κ2) is 9.73. The van der Waals surface area contributed by atoms with Gasteiger partial charge in [-0.2, -0.15) is 16.5 Å². The molecule has 0 saturated carbocycles. The molecule has 27 heavy (non-hydrogen) atoms. The van der Waals surface area contributed by atoms with Gasteiger partial charge >= 0.3 is 0 Å². The van der Waals surface area contributed by atoms with Crippen molar-refractivity contribution in [3.05, 3.63) is 58.1 Å². The molecule has 0 aromatic heterocycles. The second-order valence-corrected chi connectivity index (χ2v) is 9.89. The van der Waals surface area contributed by atoms with Crippen molar-refractivity contribution in [2.75, 3.05) is 17.3 Å². The predicted octanol–water partition coefficient (Wildman–Crippen LogP) is 4.10. The lowest BCUT2D eigenvalue weighted by molar-refractivity contribution is -0.117. The van der Waals surface area contributed by atoms with Crippen LogP contribution in [-0.4, -0.2) is 32.4 Å². The van der Waals surface area contributed by atoms with Gasteiger partial charge in [-0.3, -0.25) is 4.79 Å². The fraction of sp³-hybridized carbons (Fsp3) is 0.316. The number of aryl methyl sites for hydroxylation is 2. The Kier molecular flexibility index (Phi) is 7.91. The van der Waals surface area contributed by atoms with E-state index in [1.807, 2.05) is 38.3 Å². The normalized spacial score (nSPS) is 12.6. The average molecular weight is 471 g/mol. The molecule has 0 aliphatic rings. The maximum absolute atomic E-state index is 12.7. The fourth-order valence-corrected chi connectivity index (χ4v) is 4.59. The van der Waals surface area contributed by atoms with Crippen LogP contribution in [0.1, 0.15) is 17.5 Å². The molecular formula is C19H23BrN2O3S2. The van der Waals surface area contributed by atoms with Crippen LogP contribution in [0, 0.1) is 13.8 Å². The molecule has 2 aromatic carbocycles. The lowest BCUT2D eigenvalue weighted by Gasteiger charge is -2.19. The smallest absolute Gasteiger partial charge is 0.242 e. The van der Waals surface area contributed by atoms with Gasteiger partial charge in [0, 0.05) is 10.2 Å². The van der Waals surface area contributed by atoms with Gasteiger partial charge in [0.05, 0.1) is 4.90 Å². The van der Waals surface area contributed by atoms with E-state index in [2.05, 4.69) is 26.0 Å². The Balaban J connectivity index is 2.20. The second-order valence-electron chi connectivity index (χ2n) is 6.27. The van der Waals surface area contributed by atoms with Crippen LogP contribution in [0.2, 0.25) is 0 Å². The van der Waals surface area contributed by atoms with Crippen molar-refractivity contribution in [1.82, 2.24) is 4.72 Å². The van der Waals surface area contributed by atoms with Crippen LogP contribution in [0.25, 0.3) is 0 Å². The molecule has 2 aromatic rings. The van der Waals surface area contributed by atoms with Crippen molar-refractivity contribution in [2.24, 2.45) is 0 Å². The van der Waals surface area contributed by atoms with Crippen LogP contribution in [0.4, 0.5) is 5.69 Å². The minimum Gasteiger partial charge on any atom is -0.325 e. The van der Waals surface area contributed by atoms with Gasteiger partial charge in [-0.1, -0.05) is 22.0 Å². The monoisotopic (exact) mass is 470 g/mol. The van der Waals surface area contributed by atoms with Gasteiger partial charge < -0.3 is 5.32 Å². The van der Waals surface area contributed by atoms with E-state index in [0.29, 0.717) is 17.9 Å². The summed E-state index contributed by atoms with van der Waals surface area (Å²) in [6, 6.07) is 11.2. The molecule has 0 saturated heterocycles. The van der Waals surface area contributed by atoms with Crippen LogP contribution in [-0.2, 0) is 14.8 Å². The Morgan fingerprint density at radius 3 is 2.26 bits per heavy atom. The summed E-state index contributed by atoms with van der Waals surface area (Å²) >= 11 is 4.85. The molecule has 0 fully saturated rings. The first-order valence-electron chi connectivity index (χ1n) is 8.37. The zero-order valence-corrected chi connectivity index (χ0v) is 18.7. The van der Waals surface area contributed by atoms with E-state index in [-0.39, 0.29) is 10.8 Å². The van der Waals surface area contributed by atoms with E-state index in [9.17, 15) is 13.2 Å². The third-order valence-electron chi connectivity index (χ3n) is 3.84. The molecule has 0 radical (unpaired) electrons. The lowest BCUT2D eigenvalue weighted by atomic mass is 10.1. The molecule has 0 bridgehead atoms. The number of halogens is 1. The number of thioether (sulfide) groups is 1. The summed E-state index contributed by atoms with van der Waals surface area (Å²) in [4.78, 5) is 12.9. The number of carbonyl (C=O) groups excluding carboxylic acids is 1. The largest absolute Gasteiger partial charge is 0.325 e. The van der Waals surface area contributed by atoms with Gasteiger partial charge in [-0.05, 0) is 79.8 Å². The molecule has 0 spiro atoms. The van der Waals surface area contributed by atoms with E-state index in [1.165, 1.54) is 12.1 Å². The van der Waals surface area contributed by atoms with Gasteiger partial charge in [0.1, 0.15) is 6.04 Å². The highest BCUT2D eigenvalue weighted by Crippen LogP contribution is 2.17. The molecule has 5 nitrogen and oxygen atoms in total. The fourth-order valence-electron chi connectivity index (χ4n) is 2.62. The topological polar surface area (TPSA) is 75.3 Å². The molecule has 1 atom stereocenters. The number of rotatable bonds is 8. The number of nitrogens with one attached hydrogen (secondary N) is 2. The summed E-state index contributed by atoms with van der Waals surface area (Å²) in [7, 11) is -3.80. The van der Waals surface area contributed by atoms with Crippen molar-refractivity contribution >= 4 is 49.3 Å². The van der Waals surface area contributed by atoms with Crippen LogP contribution in [0.3, 0.4) is 0 Å². The van der Waals surface area contributed by atoms with E-state index in [1.54, 1.807) is 23.9 Å². The van der Waals surface area contributed by atoms with Crippen LogP contribution >= 0.6 is 27.7 Å². The summed E-state index contributed by atoms with van der Waals surface area (Å²) in [5, 5.41) is 2.83. The highest BCUT2D eigenvalue weighted by Gasteiger charge is 2.25. The number of sulfonamides is 1. The standard InChI is InChI=1S/C19H23BrN2O3S2/c1-13-10-14(2)12-16(11-13)21-19(23)18(8-9-26-3)22-27(24,25)17-6-4-15(20)5-7-17/h4-7,10-12,18,22H,8-9H2,1-3H3,(H,21,23). The van der Waals surface area contributed by atoms with Gasteiger partial charge in [0.15, 0.2) is 0 Å². The predicted molar refractivity (Wildman–Crippen MR) is 116 cm³/mol. The first-order chi connectivity index (χ1) is 12.7. The zero-order chi connectivity index (χ0) is 20.0. The number of hydrogen-bond acceptors (Lipinski definition) is 4. The Morgan fingerprint density at radius 2 is 1.70 bits per heavy atom. The number of hydrogen-bond donors (Lipinski definition) is 2. The van der Waals surface area contributed by atoms with Crippen molar-refractivity contribution in [3.63, 3.8) is 0 Å². The molecule has 2 N–H and O–H groups in total. The van der Waals surface area contributed by atoms with Crippen LogP contribution < -0.4 is 10.0 Å². The maximum atomic E-state index is 12.7. The zero-order valence-electron chi connectivity index (χ0n) is 15.5. The quantitative estimate of drug-likeness (QED) is 0.608. The SMILES string of the molecule is CSCCC(NS(=O)(=O)c1ccc(Br)cc1)C(=O)Nc1cc(C)cc(C)c1. The van der Waals surface area contributed by atoms with E-state index in [4.69, 9.17) is 0 Å². The third kappa shape index (κ3) is 6.64. The first-order valence-corrected chi connectivity index (χ1v) is 12.0. The molecule has 8 heteroatoms. The molecule has 2 rings (SSSR count). The van der Waals surface area contributed by atoms with Crippen LogP contribution in [0.15, 0.2) is 51.8 Å². The highest BCUT2D eigenvalue weighted by molar-refractivity contribution is 9.10. The number of carbonyl (C=O) groups is 1. The van der Waals surface area contributed by atoms with E-state index >= 15 is 0 Å². The molecule has 0 heterocycles. The average Bonchev–Trinajstić information content (AvgIpc) is 2.58. The minimum atomic E-state index is -3.80. The van der Waals surface area contributed by atoms with Crippen LogP contribution in [0.5, 0.6) is 0 Å². The minimum absolute atomic E-state index is 0.124. The summed E-state index contributed by atoms with van der Waals surface area (Å²) < 4.78 is 28.7. The Hall–Kier alpha value is -1.35. The lowest BCUT2D eigenvalue weighted by Crippen LogP contribution is -2.44. The van der Waals surface area contributed by atoms with E-state index in [0.717, 1.165) is 15.6 Å². The highest BCUT2D eigenvalue weighted by atomic mass is 79.9. The van der Waals surface area contributed by atoms with Gasteiger partial charge in [0.2, 0.25) is 15.9 Å². The molecule has 1 amide bonds. The molecule has 0 aliphatic heterocycles. The summed E-state index contributed by atoms with van der Waals surface area (Å²) in [6.45, 7) is 3.90. The van der Waals surface area contributed by atoms with Gasteiger partial charge in [-0.15, -0.1) is 0 Å². The summed E-state index contributed by atoms with van der Waals surface area (Å²) in [6.07, 6.45) is 2.32. The van der Waals surface area contributed by atoms with Gasteiger partial charge in [-0.25, -0.2) is 8.42 Å². The van der Waals surface area contributed by atoms with Crippen molar-refractivity contribution < 1.29 is 13.2 Å². The third-order valence-corrected chi connectivity index (χ3v) is 6.50. The molecule has 0 aliphatic carbocycles. The molecule has 1 unspecified atom stereocenters.